The molecule has 7 heteroatoms. The van der Waals surface area contributed by atoms with E-state index in [2.05, 4.69) is 0 Å². The van der Waals surface area contributed by atoms with Crippen molar-refractivity contribution in [3.8, 4) is 0 Å². The average molecular weight is 403 g/mol. The quantitative estimate of drug-likeness (QED) is 0.711. The third-order valence-electron chi connectivity index (χ3n) is 5.52. The molecule has 1 atom stereocenters. The molecule has 28 heavy (non-hydrogen) atoms. The summed E-state index contributed by atoms with van der Waals surface area (Å²) in [6.45, 7) is 7.16. The summed E-state index contributed by atoms with van der Waals surface area (Å²) >= 11 is 6.29. The monoisotopic (exact) mass is 402 g/mol. The highest BCUT2D eigenvalue weighted by Gasteiger charge is 2.24. The van der Waals surface area contributed by atoms with E-state index in [0.29, 0.717) is 28.9 Å². The number of aryl methyl sites for hydroxylation is 2. The fourth-order valence-corrected chi connectivity index (χ4v) is 4.13. The van der Waals surface area contributed by atoms with Crippen molar-refractivity contribution in [1.82, 2.24) is 14.3 Å². The van der Waals surface area contributed by atoms with Crippen molar-refractivity contribution in [3.63, 3.8) is 0 Å². The molecule has 2 N–H and O–H groups in total. The van der Waals surface area contributed by atoms with Crippen LogP contribution in [0.15, 0.2) is 23.0 Å². The number of halogens is 1. The van der Waals surface area contributed by atoms with Gasteiger partial charge in [0.15, 0.2) is 0 Å². The van der Waals surface area contributed by atoms with Gasteiger partial charge in [-0.05, 0) is 64.7 Å². The third kappa shape index (κ3) is 3.45. The zero-order valence-corrected chi connectivity index (χ0v) is 17.4. The molecule has 6 nitrogen and oxygen atoms in total. The van der Waals surface area contributed by atoms with Gasteiger partial charge in [0.05, 0.1) is 16.6 Å². The maximum atomic E-state index is 13.5. The summed E-state index contributed by atoms with van der Waals surface area (Å²) in [5.74, 6) is 0. The Hall–Kier alpha value is -1.89. The van der Waals surface area contributed by atoms with Crippen LogP contribution < -0.4 is 11.3 Å². The molecule has 0 spiro atoms. The van der Waals surface area contributed by atoms with Crippen LogP contribution in [0.3, 0.4) is 0 Å². The van der Waals surface area contributed by atoms with E-state index in [1.807, 2.05) is 48.2 Å². The van der Waals surface area contributed by atoms with Gasteiger partial charge in [-0.25, -0.2) is 4.68 Å². The molecule has 3 aromatic rings. The second-order valence-electron chi connectivity index (χ2n) is 8.43. The van der Waals surface area contributed by atoms with Crippen LogP contribution in [-0.2, 0) is 11.3 Å². The topological polar surface area (TPSA) is 75.1 Å². The van der Waals surface area contributed by atoms with Crippen molar-refractivity contribution in [2.75, 3.05) is 6.61 Å². The van der Waals surface area contributed by atoms with Crippen molar-refractivity contribution < 1.29 is 4.74 Å². The lowest BCUT2D eigenvalue weighted by Gasteiger charge is -2.23. The van der Waals surface area contributed by atoms with Crippen molar-refractivity contribution >= 4 is 33.4 Å². The Morgan fingerprint density at radius 3 is 2.82 bits per heavy atom. The molecule has 1 unspecified atom stereocenters. The zero-order valence-electron chi connectivity index (χ0n) is 16.7. The molecule has 0 bridgehead atoms. The Kier molecular flexibility index (Phi) is 4.98. The minimum absolute atomic E-state index is 0.0337. The van der Waals surface area contributed by atoms with Crippen LogP contribution in [0, 0.1) is 6.92 Å². The number of benzene rings is 1. The molecular formula is C21H27ClN4O2. The van der Waals surface area contributed by atoms with Gasteiger partial charge in [0.1, 0.15) is 11.7 Å². The molecule has 0 amide bonds. The summed E-state index contributed by atoms with van der Waals surface area (Å²) in [6.07, 6.45) is 3.64. The standard InChI is InChI=1S/C21H27ClN4O2/c1-13-18-19(24-26(13)17-6-4-5-11-28-17)15-12-14(22)7-8-16(15)25(20(18)27)10-9-21(2,3)23/h7-8,12,17H,4-6,9-11,23H2,1-3H3. The van der Waals surface area contributed by atoms with Gasteiger partial charge in [-0.15, -0.1) is 0 Å². The molecule has 0 aliphatic carbocycles. The summed E-state index contributed by atoms with van der Waals surface area (Å²) in [6, 6.07) is 5.60. The normalized spacial score (nSPS) is 18.2. The maximum absolute atomic E-state index is 13.5. The van der Waals surface area contributed by atoms with E-state index in [-0.39, 0.29) is 17.3 Å². The first kappa shape index (κ1) is 19.4. The molecule has 0 saturated carbocycles. The second-order valence-corrected chi connectivity index (χ2v) is 8.87. The van der Waals surface area contributed by atoms with E-state index in [4.69, 9.17) is 27.2 Å². The van der Waals surface area contributed by atoms with Crippen LogP contribution in [0.5, 0.6) is 0 Å². The van der Waals surface area contributed by atoms with Crippen LogP contribution in [0.2, 0.25) is 5.02 Å². The number of nitrogens with zero attached hydrogens (tertiary/aromatic N) is 3. The molecule has 2 aromatic heterocycles. The van der Waals surface area contributed by atoms with E-state index >= 15 is 0 Å². The molecule has 1 aliphatic rings. The largest absolute Gasteiger partial charge is 0.357 e. The summed E-state index contributed by atoms with van der Waals surface area (Å²) in [5, 5.41) is 6.96. The number of ether oxygens (including phenoxy) is 1. The van der Waals surface area contributed by atoms with Crippen LogP contribution in [0.25, 0.3) is 21.8 Å². The zero-order chi connectivity index (χ0) is 20.1. The van der Waals surface area contributed by atoms with Gasteiger partial charge in [-0.1, -0.05) is 11.6 Å². The lowest BCUT2D eigenvalue weighted by Crippen LogP contribution is -2.35. The highest BCUT2D eigenvalue weighted by Crippen LogP contribution is 2.31. The van der Waals surface area contributed by atoms with Crippen LogP contribution in [-0.4, -0.2) is 26.5 Å². The molecular weight excluding hydrogens is 376 g/mol. The SMILES string of the molecule is Cc1c2c(=O)n(CCC(C)(C)N)c3ccc(Cl)cc3c2nn1C1CCCCO1. The number of hydrogen-bond acceptors (Lipinski definition) is 4. The maximum Gasteiger partial charge on any atom is 0.262 e. The van der Waals surface area contributed by atoms with E-state index < -0.39 is 0 Å². The summed E-state index contributed by atoms with van der Waals surface area (Å²) < 4.78 is 9.61. The van der Waals surface area contributed by atoms with Crippen molar-refractivity contribution in [2.24, 2.45) is 5.73 Å². The van der Waals surface area contributed by atoms with Gasteiger partial charge in [-0.3, -0.25) is 4.79 Å². The van der Waals surface area contributed by atoms with Crippen molar-refractivity contribution in [2.45, 2.75) is 64.8 Å². The van der Waals surface area contributed by atoms with E-state index in [1.165, 1.54) is 0 Å². The van der Waals surface area contributed by atoms with Crippen LogP contribution in [0.4, 0.5) is 0 Å². The van der Waals surface area contributed by atoms with Crippen molar-refractivity contribution in [1.29, 1.82) is 0 Å². The Morgan fingerprint density at radius 2 is 2.14 bits per heavy atom. The fourth-order valence-electron chi connectivity index (χ4n) is 3.96. The van der Waals surface area contributed by atoms with Gasteiger partial charge in [0.25, 0.3) is 5.56 Å². The van der Waals surface area contributed by atoms with E-state index in [1.54, 1.807) is 0 Å². The first-order chi connectivity index (χ1) is 13.3. The van der Waals surface area contributed by atoms with Gasteiger partial charge in [-0.2, -0.15) is 5.10 Å². The minimum Gasteiger partial charge on any atom is -0.357 e. The highest BCUT2D eigenvalue weighted by molar-refractivity contribution is 6.31. The number of fused-ring (bicyclic) bond motifs is 3. The molecule has 150 valence electrons. The lowest BCUT2D eigenvalue weighted by atomic mass is 10.0. The predicted molar refractivity (Wildman–Crippen MR) is 113 cm³/mol. The summed E-state index contributed by atoms with van der Waals surface area (Å²) in [4.78, 5) is 13.5. The molecule has 3 heterocycles. The second kappa shape index (κ2) is 7.17. The Bertz CT molecular complexity index is 1090. The number of pyridine rings is 1. The molecule has 0 radical (unpaired) electrons. The van der Waals surface area contributed by atoms with Gasteiger partial charge >= 0.3 is 0 Å². The number of rotatable bonds is 4. The lowest BCUT2D eigenvalue weighted by molar-refractivity contribution is -0.0402. The third-order valence-corrected chi connectivity index (χ3v) is 5.76. The van der Waals surface area contributed by atoms with Crippen LogP contribution >= 0.6 is 11.6 Å². The Labute approximate surface area is 169 Å². The van der Waals surface area contributed by atoms with Gasteiger partial charge < -0.3 is 15.0 Å². The first-order valence-electron chi connectivity index (χ1n) is 9.87. The number of nitrogens with two attached hydrogens (primary N) is 1. The predicted octanol–water partition coefficient (Wildman–Crippen LogP) is 4.14. The Balaban J connectivity index is 1.97. The smallest absolute Gasteiger partial charge is 0.262 e. The molecule has 1 aliphatic heterocycles. The fraction of sp³-hybridized carbons (Fsp3) is 0.524. The average Bonchev–Trinajstić information content (AvgIpc) is 3.00. The minimum atomic E-state index is -0.359. The van der Waals surface area contributed by atoms with E-state index in [9.17, 15) is 4.79 Å². The van der Waals surface area contributed by atoms with Gasteiger partial charge in [0, 0.05) is 29.1 Å². The highest BCUT2D eigenvalue weighted by atomic mass is 35.5. The Morgan fingerprint density at radius 1 is 1.36 bits per heavy atom. The molecule has 1 aromatic carbocycles. The van der Waals surface area contributed by atoms with Crippen molar-refractivity contribution in [3.05, 3.63) is 39.3 Å². The van der Waals surface area contributed by atoms with Crippen LogP contribution in [0.1, 0.15) is 51.5 Å². The van der Waals surface area contributed by atoms with E-state index in [0.717, 1.165) is 42.5 Å². The molecule has 1 saturated heterocycles. The summed E-state index contributed by atoms with van der Waals surface area (Å²) in [7, 11) is 0. The summed E-state index contributed by atoms with van der Waals surface area (Å²) in [5.41, 5.74) is 8.15. The molecule has 1 fully saturated rings. The van der Waals surface area contributed by atoms with Gasteiger partial charge in [0.2, 0.25) is 0 Å². The number of aromatic nitrogens is 3. The first-order valence-corrected chi connectivity index (χ1v) is 10.3. The molecule has 4 rings (SSSR count). The number of hydrogen-bond donors (Lipinski definition) is 1.